The summed E-state index contributed by atoms with van der Waals surface area (Å²) in [6.45, 7) is 5.30. The van der Waals surface area contributed by atoms with E-state index >= 15 is 0 Å². The second-order valence-electron chi connectivity index (χ2n) is 5.59. The van der Waals surface area contributed by atoms with E-state index in [1.807, 2.05) is 12.1 Å². The Bertz CT molecular complexity index is 444. The van der Waals surface area contributed by atoms with Gasteiger partial charge in [-0.15, -0.1) is 0 Å². The lowest BCUT2D eigenvalue weighted by Crippen LogP contribution is -2.24. The van der Waals surface area contributed by atoms with Gasteiger partial charge in [0.05, 0.1) is 19.6 Å². The topological polar surface area (TPSA) is 38.8 Å². The van der Waals surface area contributed by atoms with Crippen molar-refractivity contribution in [3.05, 3.63) is 29.8 Å². The maximum Gasteiger partial charge on any atom is 0.310 e. The van der Waals surface area contributed by atoms with Crippen LogP contribution in [-0.2, 0) is 16.1 Å². The van der Waals surface area contributed by atoms with Crippen molar-refractivity contribution in [3.8, 4) is 5.75 Å². The van der Waals surface area contributed by atoms with Gasteiger partial charge in [-0.1, -0.05) is 25.5 Å². The average Bonchev–Trinajstić information content (AvgIpc) is 2.97. The molecular weight excluding hydrogens is 266 g/mol. The molecule has 1 heterocycles. The molecule has 1 atom stereocenters. The van der Waals surface area contributed by atoms with Gasteiger partial charge in [-0.25, -0.2) is 0 Å². The largest absolute Gasteiger partial charge is 0.497 e. The normalized spacial score (nSPS) is 18.7. The highest BCUT2D eigenvalue weighted by molar-refractivity contribution is 5.73. The summed E-state index contributed by atoms with van der Waals surface area (Å²) in [5.41, 5.74) is 1.25. The van der Waals surface area contributed by atoms with E-state index < -0.39 is 0 Å². The van der Waals surface area contributed by atoms with Gasteiger partial charge in [0.15, 0.2) is 0 Å². The lowest BCUT2D eigenvalue weighted by molar-refractivity contribution is -0.148. The Morgan fingerprint density at radius 2 is 2.10 bits per heavy atom. The highest BCUT2D eigenvalue weighted by atomic mass is 16.5. The molecule has 0 radical (unpaired) electrons. The summed E-state index contributed by atoms with van der Waals surface area (Å²) < 4.78 is 10.5. The molecule has 2 rings (SSSR count). The Hall–Kier alpha value is -1.55. The number of hydrogen-bond acceptors (Lipinski definition) is 4. The van der Waals surface area contributed by atoms with Crippen LogP contribution in [0.5, 0.6) is 5.75 Å². The maximum absolute atomic E-state index is 11.9. The molecule has 1 aromatic rings. The molecular formula is C17H25NO3. The van der Waals surface area contributed by atoms with Gasteiger partial charge in [0.25, 0.3) is 0 Å². The van der Waals surface area contributed by atoms with Crippen LogP contribution in [0.2, 0.25) is 0 Å². The third kappa shape index (κ3) is 4.74. The summed E-state index contributed by atoms with van der Waals surface area (Å²) in [5.74, 6) is 0.887. The molecule has 1 fully saturated rings. The van der Waals surface area contributed by atoms with Gasteiger partial charge in [0, 0.05) is 13.1 Å². The van der Waals surface area contributed by atoms with Crippen molar-refractivity contribution in [1.29, 1.82) is 0 Å². The number of nitrogens with zero attached hydrogens (tertiary/aromatic N) is 1. The van der Waals surface area contributed by atoms with Gasteiger partial charge in [-0.05, 0) is 37.1 Å². The molecule has 0 spiro atoms. The Balaban J connectivity index is 1.77. The number of hydrogen-bond donors (Lipinski definition) is 0. The van der Waals surface area contributed by atoms with E-state index in [1.54, 1.807) is 7.11 Å². The van der Waals surface area contributed by atoms with E-state index in [0.29, 0.717) is 6.61 Å². The number of methoxy groups -OCH3 is 1. The lowest BCUT2D eigenvalue weighted by atomic mass is 10.1. The third-order valence-corrected chi connectivity index (χ3v) is 3.91. The van der Waals surface area contributed by atoms with E-state index in [0.717, 1.165) is 44.6 Å². The third-order valence-electron chi connectivity index (χ3n) is 3.91. The molecule has 1 aromatic carbocycles. The van der Waals surface area contributed by atoms with Crippen molar-refractivity contribution >= 4 is 5.97 Å². The molecule has 4 nitrogen and oxygen atoms in total. The molecule has 0 aromatic heterocycles. The quantitative estimate of drug-likeness (QED) is 0.572. The lowest BCUT2D eigenvalue weighted by Gasteiger charge is -2.16. The molecule has 1 aliphatic rings. The summed E-state index contributed by atoms with van der Waals surface area (Å²) in [6, 6.07) is 8.10. The van der Waals surface area contributed by atoms with E-state index in [4.69, 9.17) is 9.47 Å². The minimum atomic E-state index is -0.0271. The first-order chi connectivity index (χ1) is 10.2. The number of likely N-dealkylation sites (tertiary alicyclic amines) is 1. The van der Waals surface area contributed by atoms with Crippen molar-refractivity contribution < 1.29 is 14.3 Å². The van der Waals surface area contributed by atoms with E-state index in [9.17, 15) is 4.79 Å². The Labute approximate surface area is 127 Å². The van der Waals surface area contributed by atoms with Crippen LogP contribution >= 0.6 is 0 Å². The fourth-order valence-corrected chi connectivity index (χ4v) is 2.59. The van der Waals surface area contributed by atoms with Crippen LogP contribution < -0.4 is 4.74 Å². The summed E-state index contributed by atoms with van der Waals surface area (Å²) in [7, 11) is 1.67. The first kappa shape index (κ1) is 15.8. The molecule has 0 bridgehead atoms. The average molecular weight is 291 g/mol. The van der Waals surface area contributed by atoms with Crippen LogP contribution in [0.25, 0.3) is 0 Å². The molecule has 0 N–H and O–H groups in total. The summed E-state index contributed by atoms with van der Waals surface area (Å²) in [5, 5.41) is 0. The number of carbonyl (C=O) groups excluding carboxylic acids is 1. The van der Waals surface area contributed by atoms with Crippen molar-refractivity contribution in [3.63, 3.8) is 0 Å². The zero-order valence-electron chi connectivity index (χ0n) is 13.0. The molecule has 21 heavy (non-hydrogen) atoms. The number of rotatable bonds is 7. The predicted molar refractivity (Wildman–Crippen MR) is 82.2 cm³/mol. The van der Waals surface area contributed by atoms with Gasteiger partial charge in [0.2, 0.25) is 0 Å². The van der Waals surface area contributed by atoms with E-state index in [1.165, 1.54) is 5.56 Å². The second kappa shape index (κ2) is 8.03. The monoisotopic (exact) mass is 291 g/mol. The number of ether oxygens (including phenoxy) is 2. The fraction of sp³-hybridized carbons (Fsp3) is 0.588. The SMILES string of the molecule is CCCCOC(=O)C1CCN(Cc2ccc(OC)cc2)C1. The van der Waals surface area contributed by atoms with Crippen LogP contribution in [0.4, 0.5) is 0 Å². The maximum atomic E-state index is 11.9. The first-order valence-electron chi connectivity index (χ1n) is 7.75. The molecule has 0 saturated carbocycles. The zero-order valence-corrected chi connectivity index (χ0v) is 13.0. The molecule has 0 amide bonds. The standard InChI is InChI=1S/C17H25NO3/c1-3-4-11-21-17(19)15-9-10-18(13-15)12-14-5-7-16(20-2)8-6-14/h5-8,15H,3-4,9-13H2,1-2H3. The summed E-state index contributed by atoms with van der Waals surface area (Å²) >= 11 is 0. The zero-order chi connectivity index (χ0) is 15.1. The van der Waals surface area contributed by atoms with Gasteiger partial charge in [-0.2, -0.15) is 0 Å². The highest BCUT2D eigenvalue weighted by Crippen LogP contribution is 2.21. The number of carbonyl (C=O) groups is 1. The van der Waals surface area contributed by atoms with E-state index in [2.05, 4.69) is 24.0 Å². The molecule has 116 valence electrons. The summed E-state index contributed by atoms with van der Waals surface area (Å²) in [6.07, 6.45) is 2.91. The van der Waals surface area contributed by atoms with Crippen LogP contribution in [0, 0.1) is 5.92 Å². The van der Waals surface area contributed by atoms with Gasteiger partial charge in [-0.3, -0.25) is 9.69 Å². The molecule has 0 aliphatic carbocycles. The van der Waals surface area contributed by atoms with Gasteiger partial charge >= 0.3 is 5.97 Å². The first-order valence-corrected chi connectivity index (χ1v) is 7.75. The smallest absolute Gasteiger partial charge is 0.310 e. The molecule has 4 heteroatoms. The van der Waals surface area contributed by atoms with Gasteiger partial charge in [0.1, 0.15) is 5.75 Å². The van der Waals surface area contributed by atoms with Gasteiger partial charge < -0.3 is 9.47 Å². The van der Waals surface area contributed by atoms with Crippen LogP contribution in [0.15, 0.2) is 24.3 Å². The second-order valence-corrected chi connectivity index (χ2v) is 5.59. The highest BCUT2D eigenvalue weighted by Gasteiger charge is 2.29. The Morgan fingerprint density at radius 1 is 1.33 bits per heavy atom. The van der Waals surface area contributed by atoms with Crippen molar-refractivity contribution in [2.75, 3.05) is 26.8 Å². The van der Waals surface area contributed by atoms with Crippen LogP contribution in [0.3, 0.4) is 0 Å². The minimum absolute atomic E-state index is 0.0271. The molecule has 1 unspecified atom stereocenters. The van der Waals surface area contributed by atoms with Crippen molar-refractivity contribution in [2.45, 2.75) is 32.7 Å². The van der Waals surface area contributed by atoms with Crippen LogP contribution in [0.1, 0.15) is 31.7 Å². The number of esters is 1. The number of benzene rings is 1. The van der Waals surface area contributed by atoms with Crippen molar-refractivity contribution in [1.82, 2.24) is 4.90 Å². The minimum Gasteiger partial charge on any atom is -0.497 e. The fourth-order valence-electron chi connectivity index (χ4n) is 2.59. The predicted octanol–water partition coefficient (Wildman–Crippen LogP) is 2.86. The molecule has 1 saturated heterocycles. The Morgan fingerprint density at radius 3 is 2.76 bits per heavy atom. The molecule has 1 aliphatic heterocycles. The summed E-state index contributed by atoms with van der Waals surface area (Å²) in [4.78, 5) is 14.2. The number of unbranched alkanes of at least 4 members (excludes halogenated alkanes) is 1. The van der Waals surface area contributed by atoms with Crippen LogP contribution in [-0.4, -0.2) is 37.7 Å². The van der Waals surface area contributed by atoms with Crippen molar-refractivity contribution in [2.24, 2.45) is 5.92 Å². The Kier molecular flexibility index (Phi) is 6.05. The van der Waals surface area contributed by atoms with E-state index in [-0.39, 0.29) is 11.9 Å².